The molecule has 0 radical (unpaired) electrons. The molecule has 1 aliphatic heterocycles. The van der Waals surface area contributed by atoms with E-state index in [1.54, 1.807) is 0 Å². The molecule has 1 heterocycles. The quantitative estimate of drug-likeness (QED) is 0.310. The maximum absolute atomic E-state index is 11.1. The number of hydrogen-bond donors (Lipinski definition) is 2. The molecule has 188 valence electrons. The van der Waals surface area contributed by atoms with Gasteiger partial charge in [0.1, 0.15) is 5.75 Å². The van der Waals surface area contributed by atoms with Gasteiger partial charge in [-0.3, -0.25) is 0 Å². The molecule has 5 rings (SSSR count). The molecule has 4 aliphatic rings. The molecule has 34 heavy (non-hydrogen) atoms. The van der Waals surface area contributed by atoms with E-state index in [0.29, 0.717) is 23.5 Å². The summed E-state index contributed by atoms with van der Waals surface area (Å²) in [5, 5.41) is 21.3. The summed E-state index contributed by atoms with van der Waals surface area (Å²) < 4.78 is 0. The topological polar surface area (TPSA) is 43.7 Å². The maximum atomic E-state index is 11.1. The van der Waals surface area contributed by atoms with E-state index in [4.69, 9.17) is 0 Å². The van der Waals surface area contributed by atoms with Crippen LogP contribution >= 0.6 is 0 Å². The lowest BCUT2D eigenvalue weighted by Gasteiger charge is -2.60. The molecule has 0 spiro atoms. The molecule has 1 saturated heterocycles. The van der Waals surface area contributed by atoms with Crippen LogP contribution in [0.3, 0.4) is 0 Å². The molecule has 6 atom stereocenters. The molecule has 2 N–H and O–H groups in total. The van der Waals surface area contributed by atoms with Crippen LogP contribution in [-0.2, 0) is 6.42 Å². The number of likely N-dealkylation sites (tertiary alicyclic amines) is 1. The zero-order chi connectivity index (χ0) is 23.8. The highest BCUT2D eigenvalue weighted by Gasteiger charge is 2.63. The summed E-state index contributed by atoms with van der Waals surface area (Å²) in [6.07, 6.45) is 18.2. The van der Waals surface area contributed by atoms with Gasteiger partial charge >= 0.3 is 0 Å². The summed E-state index contributed by atoms with van der Waals surface area (Å²) in [6, 6.07) is 6.12. The first-order valence-electron chi connectivity index (χ1n) is 14.3. The van der Waals surface area contributed by atoms with Crippen molar-refractivity contribution in [1.29, 1.82) is 0 Å². The molecule has 2 saturated carbocycles. The molecule has 1 aromatic carbocycles. The first-order chi connectivity index (χ1) is 16.5. The Morgan fingerprint density at radius 1 is 1.09 bits per heavy atom. The Bertz CT molecular complexity index is 861. The monoisotopic (exact) mass is 465 g/mol. The normalized spacial score (nSPS) is 37.2. The van der Waals surface area contributed by atoms with Gasteiger partial charge in [0, 0.05) is 0 Å². The minimum Gasteiger partial charge on any atom is -0.508 e. The minimum atomic E-state index is -0.176. The fraction of sp³-hybridized carbons (Fsp3) is 0.742. The molecule has 0 aromatic heterocycles. The fourth-order valence-corrected chi connectivity index (χ4v) is 8.97. The van der Waals surface area contributed by atoms with E-state index in [1.165, 1.54) is 82.1 Å². The van der Waals surface area contributed by atoms with E-state index >= 15 is 0 Å². The number of benzene rings is 1. The van der Waals surface area contributed by atoms with E-state index < -0.39 is 0 Å². The number of fused-ring (bicyclic) bond motifs is 5. The van der Waals surface area contributed by atoms with Crippen LogP contribution in [0.2, 0.25) is 0 Å². The van der Waals surface area contributed by atoms with Crippen LogP contribution in [0.1, 0.15) is 101 Å². The lowest BCUT2D eigenvalue weighted by Crippen LogP contribution is -2.54. The highest BCUT2D eigenvalue weighted by Crippen LogP contribution is 2.69. The molecule has 3 fully saturated rings. The second-order valence-electron chi connectivity index (χ2n) is 12.4. The van der Waals surface area contributed by atoms with Crippen LogP contribution in [-0.4, -0.2) is 40.9 Å². The maximum Gasteiger partial charge on any atom is 0.115 e. The average Bonchev–Trinajstić information content (AvgIpc) is 3.46. The summed E-state index contributed by atoms with van der Waals surface area (Å²) in [6.45, 7) is 10.7. The van der Waals surface area contributed by atoms with Gasteiger partial charge in [-0.15, -0.1) is 6.58 Å². The van der Waals surface area contributed by atoms with Gasteiger partial charge in [0.15, 0.2) is 0 Å². The third-order valence-electron chi connectivity index (χ3n) is 10.6. The molecule has 1 aromatic rings. The van der Waals surface area contributed by atoms with Gasteiger partial charge in [0.05, 0.1) is 6.10 Å². The van der Waals surface area contributed by atoms with E-state index in [2.05, 4.69) is 30.5 Å². The van der Waals surface area contributed by atoms with Crippen LogP contribution in [0, 0.1) is 22.7 Å². The molecule has 3 aliphatic carbocycles. The Kier molecular flexibility index (Phi) is 7.15. The number of phenolic OH excluding ortho intramolecular Hbond substituents is 1. The Balaban J connectivity index is 1.29. The van der Waals surface area contributed by atoms with Crippen molar-refractivity contribution < 1.29 is 10.2 Å². The number of hydrogen-bond acceptors (Lipinski definition) is 3. The van der Waals surface area contributed by atoms with Gasteiger partial charge in [-0.25, -0.2) is 0 Å². The molecule has 0 amide bonds. The van der Waals surface area contributed by atoms with Crippen LogP contribution in [0.5, 0.6) is 5.75 Å². The number of nitrogens with zero attached hydrogens (tertiary/aromatic N) is 1. The number of aliphatic hydroxyl groups is 1. The van der Waals surface area contributed by atoms with Gasteiger partial charge in [0.25, 0.3) is 0 Å². The smallest absolute Gasteiger partial charge is 0.115 e. The fourth-order valence-electron chi connectivity index (χ4n) is 8.97. The lowest BCUT2D eigenvalue weighted by molar-refractivity contribution is -0.0812. The molecule has 3 nitrogen and oxygen atoms in total. The Labute approximate surface area is 207 Å². The van der Waals surface area contributed by atoms with Gasteiger partial charge in [-0.2, -0.15) is 0 Å². The predicted molar refractivity (Wildman–Crippen MR) is 140 cm³/mol. The number of aryl methyl sites for hydroxylation is 1. The summed E-state index contributed by atoms with van der Waals surface area (Å²) in [7, 11) is 0. The predicted octanol–water partition coefficient (Wildman–Crippen LogP) is 6.83. The number of aromatic hydroxyl groups is 1. The third kappa shape index (κ3) is 4.26. The summed E-state index contributed by atoms with van der Waals surface area (Å²) >= 11 is 0. The van der Waals surface area contributed by atoms with Crippen LogP contribution < -0.4 is 0 Å². The number of rotatable bonds is 9. The number of unbranched alkanes of at least 4 members (excludes halogenated alkanes) is 4. The summed E-state index contributed by atoms with van der Waals surface area (Å²) in [5.74, 6) is 1.97. The Morgan fingerprint density at radius 3 is 2.65 bits per heavy atom. The highest BCUT2D eigenvalue weighted by atomic mass is 16.3. The average molecular weight is 466 g/mol. The van der Waals surface area contributed by atoms with Gasteiger partial charge in [0.2, 0.25) is 0 Å². The van der Waals surface area contributed by atoms with Crippen molar-refractivity contribution in [2.75, 3.05) is 19.6 Å². The molecule has 0 bridgehead atoms. The number of phenols is 1. The van der Waals surface area contributed by atoms with Crippen molar-refractivity contribution in [2.24, 2.45) is 22.7 Å². The van der Waals surface area contributed by atoms with Crippen molar-refractivity contribution in [3.63, 3.8) is 0 Å². The second-order valence-corrected chi connectivity index (χ2v) is 12.4. The highest BCUT2D eigenvalue weighted by molar-refractivity contribution is 5.43. The van der Waals surface area contributed by atoms with Crippen molar-refractivity contribution in [3.8, 4) is 5.75 Å². The molecule has 1 unspecified atom stereocenters. The number of aliphatic hydroxyl groups excluding tert-OH is 1. The van der Waals surface area contributed by atoms with Gasteiger partial charge < -0.3 is 15.1 Å². The van der Waals surface area contributed by atoms with E-state index in [1.807, 2.05) is 12.1 Å². The number of allylic oxidation sites excluding steroid dienone is 1. The summed E-state index contributed by atoms with van der Waals surface area (Å²) in [5.41, 5.74) is 2.90. The van der Waals surface area contributed by atoms with Crippen LogP contribution in [0.4, 0.5) is 0 Å². The minimum absolute atomic E-state index is 0.0134. The third-order valence-corrected chi connectivity index (χ3v) is 10.6. The first-order valence-corrected chi connectivity index (χ1v) is 14.3. The van der Waals surface area contributed by atoms with Gasteiger partial charge in [-0.05, 0) is 129 Å². The molecular weight excluding hydrogens is 418 g/mol. The van der Waals surface area contributed by atoms with Crippen molar-refractivity contribution >= 4 is 0 Å². The SMILES string of the molecule is C=CC12CCc3cc(O)ccc3[C@H]1[C@@H](CCCCCCCN1CCCC1)C[C@]1(C)[C@@H](O)CC[C@@H]21. The van der Waals surface area contributed by atoms with E-state index in [-0.39, 0.29) is 16.9 Å². The van der Waals surface area contributed by atoms with Crippen LogP contribution in [0.25, 0.3) is 0 Å². The zero-order valence-electron chi connectivity index (χ0n) is 21.5. The van der Waals surface area contributed by atoms with Gasteiger partial charge in [-0.1, -0.05) is 44.7 Å². The van der Waals surface area contributed by atoms with E-state index in [0.717, 1.165) is 32.1 Å². The standard InChI is InChI=1S/C31H47NO2/c1-3-31-17-16-23-21-25(33)12-13-26(23)29(31)24(22-30(2)27(31)14-15-28(30)34)11-7-5-4-6-8-18-32-19-9-10-20-32/h3,12-13,21,24,27-29,33-34H,1,4-11,14-20,22H2,2H3/t24-,27+,28-,29+,30-,31?/m0/s1. The lowest BCUT2D eigenvalue weighted by atomic mass is 9.44. The zero-order valence-corrected chi connectivity index (χ0v) is 21.5. The van der Waals surface area contributed by atoms with E-state index in [9.17, 15) is 10.2 Å². The molecule has 3 heteroatoms. The summed E-state index contributed by atoms with van der Waals surface area (Å²) in [4.78, 5) is 2.64. The Hall–Kier alpha value is -1.32. The van der Waals surface area contributed by atoms with Crippen molar-refractivity contribution in [2.45, 2.75) is 102 Å². The molecular formula is C31H47NO2. The van der Waals surface area contributed by atoms with Crippen molar-refractivity contribution in [3.05, 3.63) is 42.0 Å². The Morgan fingerprint density at radius 2 is 1.85 bits per heavy atom. The second kappa shape index (κ2) is 9.97. The van der Waals surface area contributed by atoms with Crippen molar-refractivity contribution in [1.82, 2.24) is 4.90 Å². The largest absolute Gasteiger partial charge is 0.508 e. The first kappa shape index (κ1) is 24.4. The van der Waals surface area contributed by atoms with Crippen LogP contribution in [0.15, 0.2) is 30.9 Å².